The highest BCUT2D eigenvalue weighted by Gasteiger charge is 2.25. The summed E-state index contributed by atoms with van der Waals surface area (Å²) in [6.45, 7) is 7.28. The molecule has 0 N–H and O–H groups in total. The molecular weight excluding hydrogens is 372 g/mol. The van der Waals surface area contributed by atoms with E-state index in [4.69, 9.17) is 9.47 Å². The Morgan fingerprint density at radius 1 is 1.21 bits per heavy atom. The minimum absolute atomic E-state index is 0.157. The Balaban J connectivity index is 1.47. The molecular formula is C22H26N2O3S. The molecule has 2 aromatic rings. The first-order valence-electron chi connectivity index (χ1n) is 9.81. The third-order valence-electron chi connectivity index (χ3n) is 5.19. The second-order valence-corrected chi connectivity index (χ2v) is 8.70. The summed E-state index contributed by atoms with van der Waals surface area (Å²) in [5.74, 6) is 1.73. The van der Waals surface area contributed by atoms with E-state index >= 15 is 0 Å². The first-order chi connectivity index (χ1) is 13.6. The molecule has 0 saturated carbocycles. The molecule has 148 valence electrons. The Kier molecular flexibility index (Phi) is 5.78. The lowest BCUT2D eigenvalue weighted by Crippen LogP contribution is -2.41. The molecule has 0 radical (unpaired) electrons. The molecule has 1 atom stereocenters. The number of nitrogens with zero attached hydrogens (tertiary/aromatic N) is 2. The van der Waals surface area contributed by atoms with Crippen LogP contribution in [0, 0.1) is 0 Å². The largest absolute Gasteiger partial charge is 0.454 e. The van der Waals surface area contributed by atoms with Crippen LogP contribution in [-0.4, -0.2) is 42.5 Å². The van der Waals surface area contributed by atoms with Crippen molar-refractivity contribution in [2.24, 2.45) is 0 Å². The molecule has 0 aliphatic carbocycles. The molecule has 1 amide bonds. The highest BCUT2D eigenvalue weighted by atomic mass is 32.2. The number of anilines is 1. The molecule has 0 fully saturated rings. The number of amides is 1. The second kappa shape index (κ2) is 8.45. The molecule has 1 unspecified atom stereocenters. The molecule has 6 heteroatoms. The SMILES string of the molecule is CCN(CC(=O)N1CCC(C)Sc2ccccc21)Cc1ccc2c(c1)OCO2. The summed E-state index contributed by atoms with van der Waals surface area (Å²) in [7, 11) is 0. The van der Waals surface area contributed by atoms with Crippen molar-refractivity contribution in [2.45, 2.75) is 37.0 Å². The van der Waals surface area contributed by atoms with E-state index in [1.807, 2.05) is 47.0 Å². The summed E-state index contributed by atoms with van der Waals surface area (Å²) in [6, 6.07) is 14.2. The number of carbonyl (C=O) groups is 1. The van der Waals surface area contributed by atoms with Gasteiger partial charge in [0.25, 0.3) is 0 Å². The fourth-order valence-electron chi connectivity index (χ4n) is 3.60. The van der Waals surface area contributed by atoms with Crippen LogP contribution < -0.4 is 14.4 Å². The molecule has 2 aromatic carbocycles. The highest BCUT2D eigenvalue weighted by molar-refractivity contribution is 8.00. The zero-order valence-corrected chi connectivity index (χ0v) is 17.2. The Labute approximate surface area is 170 Å². The minimum Gasteiger partial charge on any atom is -0.454 e. The summed E-state index contributed by atoms with van der Waals surface area (Å²) in [6.07, 6.45) is 0.999. The van der Waals surface area contributed by atoms with E-state index in [0.29, 0.717) is 18.3 Å². The zero-order chi connectivity index (χ0) is 19.5. The predicted molar refractivity (Wildman–Crippen MR) is 112 cm³/mol. The maximum atomic E-state index is 13.2. The number of fused-ring (bicyclic) bond motifs is 2. The number of rotatable bonds is 5. The Hall–Kier alpha value is -2.18. The average molecular weight is 399 g/mol. The van der Waals surface area contributed by atoms with Gasteiger partial charge in [0.15, 0.2) is 11.5 Å². The highest BCUT2D eigenvalue weighted by Crippen LogP contribution is 2.37. The Morgan fingerprint density at radius 2 is 2.04 bits per heavy atom. The number of ether oxygens (including phenoxy) is 2. The molecule has 5 nitrogen and oxygen atoms in total. The molecule has 0 saturated heterocycles. The van der Waals surface area contributed by atoms with Crippen LogP contribution in [0.4, 0.5) is 5.69 Å². The van der Waals surface area contributed by atoms with E-state index in [2.05, 4.69) is 30.9 Å². The number of carbonyl (C=O) groups excluding carboxylic acids is 1. The third kappa shape index (κ3) is 4.13. The van der Waals surface area contributed by atoms with Crippen molar-refractivity contribution < 1.29 is 14.3 Å². The predicted octanol–water partition coefficient (Wildman–Crippen LogP) is 4.15. The minimum atomic E-state index is 0.157. The van der Waals surface area contributed by atoms with Crippen LogP contribution in [0.25, 0.3) is 0 Å². The fraction of sp³-hybridized carbons (Fsp3) is 0.409. The van der Waals surface area contributed by atoms with Crippen LogP contribution in [-0.2, 0) is 11.3 Å². The first-order valence-corrected chi connectivity index (χ1v) is 10.7. The van der Waals surface area contributed by atoms with Crippen LogP contribution in [0.3, 0.4) is 0 Å². The van der Waals surface area contributed by atoms with Gasteiger partial charge in [0, 0.05) is 23.2 Å². The monoisotopic (exact) mass is 398 g/mol. The van der Waals surface area contributed by atoms with Crippen molar-refractivity contribution in [3.05, 3.63) is 48.0 Å². The lowest BCUT2D eigenvalue weighted by Gasteiger charge is -2.27. The molecule has 2 heterocycles. The zero-order valence-electron chi connectivity index (χ0n) is 16.4. The third-order valence-corrected chi connectivity index (χ3v) is 6.43. The fourth-order valence-corrected chi connectivity index (χ4v) is 4.71. The number of benzene rings is 2. The van der Waals surface area contributed by atoms with Gasteiger partial charge in [-0.25, -0.2) is 0 Å². The van der Waals surface area contributed by atoms with Gasteiger partial charge in [-0.1, -0.05) is 32.0 Å². The van der Waals surface area contributed by atoms with Crippen molar-refractivity contribution in [2.75, 3.05) is 31.3 Å². The molecule has 0 bridgehead atoms. The number of para-hydroxylation sites is 1. The summed E-state index contributed by atoms with van der Waals surface area (Å²) >= 11 is 1.86. The van der Waals surface area contributed by atoms with Crippen LogP contribution in [0.15, 0.2) is 47.4 Å². The lowest BCUT2D eigenvalue weighted by molar-refractivity contribution is -0.119. The Morgan fingerprint density at radius 3 is 2.89 bits per heavy atom. The molecule has 28 heavy (non-hydrogen) atoms. The van der Waals surface area contributed by atoms with Gasteiger partial charge in [-0.05, 0) is 42.8 Å². The van der Waals surface area contributed by atoms with E-state index < -0.39 is 0 Å². The average Bonchev–Trinajstić information content (AvgIpc) is 3.09. The van der Waals surface area contributed by atoms with Crippen molar-refractivity contribution in [3.8, 4) is 11.5 Å². The Bertz CT molecular complexity index is 857. The van der Waals surface area contributed by atoms with Crippen LogP contribution >= 0.6 is 11.8 Å². The summed E-state index contributed by atoms with van der Waals surface area (Å²) in [4.78, 5) is 18.5. The molecule has 0 spiro atoms. The summed E-state index contributed by atoms with van der Waals surface area (Å²) in [5.41, 5.74) is 2.17. The molecule has 4 rings (SSSR count). The van der Waals surface area contributed by atoms with Crippen LogP contribution in [0.2, 0.25) is 0 Å². The number of likely N-dealkylation sites (N-methyl/N-ethyl adjacent to an activating group) is 1. The van der Waals surface area contributed by atoms with Crippen LogP contribution in [0.1, 0.15) is 25.8 Å². The van der Waals surface area contributed by atoms with Crippen molar-refractivity contribution in [1.82, 2.24) is 4.90 Å². The maximum Gasteiger partial charge on any atom is 0.241 e. The van der Waals surface area contributed by atoms with Gasteiger partial charge in [-0.2, -0.15) is 0 Å². The van der Waals surface area contributed by atoms with Gasteiger partial charge in [-0.15, -0.1) is 11.8 Å². The van der Waals surface area contributed by atoms with Gasteiger partial charge in [0.05, 0.1) is 12.2 Å². The summed E-state index contributed by atoms with van der Waals surface area (Å²) in [5, 5.41) is 0.509. The van der Waals surface area contributed by atoms with Crippen molar-refractivity contribution in [3.63, 3.8) is 0 Å². The standard InChI is InChI=1S/C22H26N2O3S/c1-3-23(13-17-8-9-19-20(12-17)27-15-26-19)14-22(25)24-11-10-16(2)28-21-7-5-4-6-18(21)24/h4-9,12,16H,3,10-11,13-15H2,1-2H3. The lowest BCUT2D eigenvalue weighted by atomic mass is 10.2. The number of hydrogen-bond donors (Lipinski definition) is 0. The van der Waals surface area contributed by atoms with E-state index in [-0.39, 0.29) is 12.7 Å². The maximum absolute atomic E-state index is 13.2. The quantitative estimate of drug-likeness (QED) is 0.757. The smallest absolute Gasteiger partial charge is 0.241 e. The van der Waals surface area contributed by atoms with E-state index in [1.54, 1.807) is 0 Å². The van der Waals surface area contributed by atoms with E-state index in [0.717, 1.165) is 42.3 Å². The molecule has 0 aromatic heterocycles. The van der Waals surface area contributed by atoms with Crippen molar-refractivity contribution in [1.29, 1.82) is 0 Å². The van der Waals surface area contributed by atoms with Crippen LogP contribution in [0.5, 0.6) is 11.5 Å². The van der Waals surface area contributed by atoms with Gasteiger partial charge >= 0.3 is 0 Å². The second-order valence-electron chi connectivity index (χ2n) is 7.22. The number of thioether (sulfide) groups is 1. The normalized spacial score (nSPS) is 18.1. The summed E-state index contributed by atoms with van der Waals surface area (Å²) < 4.78 is 10.9. The van der Waals surface area contributed by atoms with Gasteiger partial charge in [-0.3, -0.25) is 9.69 Å². The van der Waals surface area contributed by atoms with E-state index in [1.165, 1.54) is 4.90 Å². The molecule has 2 aliphatic heterocycles. The van der Waals surface area contributed by atoms with Gasteiger partial charge in [0.2, 0.25) is 12.7 Å². The topological polar surface area (TPSA) is 42.0 Å². The van der Waals surface area contributed by atoms with E-state index in [9.17, 15) is 4.79 Å². The number of hydrogen-bond acceptors (Lipinski definition) is 5. The first kappa shape index (κ1) is 19.2. The van der Waals surface area contributed by atoms with Gasteiger partial charge < -0.3 is 14.4 Å². The van der Waals surface area contributed by atoms with Gasteiger partial charge in [0.1, 0.15) is 0 Å². The molecule has 2 aliphatic rings. The van der Waals surface area contributed by atoms with Crippen molar-refractivity contribution >= 4 is 23.4 Å².